The molecule has 0 aromatic rings. The summed E-state index contributed by atoms with van der Waals surface area (Å²) in [4.78, 5) is 18.7. The largest absolute Gasteiger partial charge is 0.481 e. The molecule has 0 aliphatic carbocycles. The van der Waals surface area contributed by atoms with Crippen LogP contribution < -0.4 is 5.73 Å². The van der Waals surface area contributed by atoms with E-state index in [-0.39, 0.29) is 20.3 Å². The van der Waals surface area contributed by atoms with Gasteiger partial charge in [-0.15, -0.1) is 0 Å². The summed E-state index contributed by atoms with van der Waals surface area (Å²) in [7, 11) is 0. The van der Waals surface area contributed by atoms with Gasteiger partial charge in [-0.2, -0.15) is 0 Å². The molecule has 88 valence electrons. The first-order valence-electron chi connectivity index (χ1n) is 4.09. The minimum Gasteiger partial charge on any atom is -0.481 e. The van der Waals surface area contributed by atoms with Crippen LogP contribution >= 0.6 is 0 Å². The highest BCUT2D eigenvalue weighted by Gasteiger charge is 1.81. The summed E-state index contributed by atoms with van der Waals surface area (Å²) < 4.78 is 0. The van der Waals surface area contributed by atoms with Crippen LogP contribution in [0.3, 0.4) is 0 Å². The maximum Gasteiger partial charge on any atom is 0.303 e. The minimum absolute atomic E-state index is 0. The predicted octanol–water partition coefficient (Wildman–Crippen LogP) is 1.56. The molecule has 14 heavy (non-hydrogen) atoms. The molecular formula is C9H23NO4. The average Bonchev–Trinajstić information content (AvgIpc) is 2.07. The zero-order chi connectivity index (χ0) is 11.3. The number of carbonyl (C=O) groups is 2. The van der Waals surface area contributed by atoms with Gasteiger partial charge in [0.15, 0.2) is 0 Å². The number of aliphatic carboxylic acids is 2. The highest BCUT2D eigenvalue weighted by molar-refractivity contribution is 5.66. The summed E-state index contributed by atoms with van der Waals surface area (Å²) in [5, 5.41) is 15.4. The molecule has 0 aliphatic rings. The van der Waals surface area contributed by atoms with Gasteiger partial charge >= 0.3 is 11.9 Å². The van der Waals surface area contributed by atoms with Gasteiger partial charge in [-0.1, -0.05) is 28.2 Å². The average molecular weight is 209 g/mol. The van der Waals surface area contributed by atoms with Crippen LogP contribution in [0.4, 0.5) is 0 Å². The molecule has 5 heteroatoms. The monoisotopic (exact) mass is 209 g/mol. The molecule has 0 aromatic heterocycles. The van der Waals surface area contributed by atoms with E-state index in [4.69, 9.17) is 15.9 Å². The van der Waals surface area contributed by atoms with E-state index in [1.165, 1.54) is 0 Å². The van der Waals surface area contributed by atoms with Gasteiger partial charge < -0.3 is 15.9 Å². The van der Waals surface area contributed by atoms with Crippen molar-refractivity contribution in [3.63, 3.8) is 0 Å². The molecule has 0 fully saturated rings. The highest BCUT2D eigenvalue weighted by Crippen LogP contribution is 1.67. The smallest absolute Gasteiger partial charge is 0.303 e. The van der Waals surface area contributed by atoms with Gasteiger partial charge in [0.2, 0.25) is 0 Å². The lowest BCUT2D eigenvalue weighted by Gasteiger charge is -1.71. The highest BCUT2D eigenvalue weighted by atomic mass is 16.4. The molecule has 0 spiro atoms. The van der Waals surface area contributed by atoms with Crippen LogP contribution in [0.2, 0.25) is 0 Å². The molecular weight excluding hydrogens is 186 g/mol. The molecule has 0 saturated heterocycles. The predicted molar refractivity (Wildman–Crippen MR) is 57.3 cm³/mol. The van der Waals surface area contributed by atoms with Gasteiger partial charge in [0.05, 0.1) is 0 Å². The van der Waals surface area contributed by atoms with Crippen molar-refractivity contribution in [1.29, 1.82) is 0 Å². The van der Waals surface area contributed by atoms with Crippen molar-refractivity contribution < 1.29 is 19.8 Å². The molecule has 0 rings (SSSR count). The van der Waals surface area contributed by atoms with E-state index in [0.29, 0.717) is 0 Å². The van der Waals surface area contributed by atoms with Crippen LogP contribution in [0, 0.1) is 0 Å². The third kappa shape index (κ3) is 127. The van der Waals surface area contributed by atoms with Gasteiger partial charge in [-0.25, -0.2) is 0 Å². The summed E-state index contributed by atoms with van der Waals surface area (Å²) in [5.41, 5.74) is 4.85. The van der Waals surface area contributed by atoms with E-state index in [0.717, 1.165) is 6.54 Å². The van der Waals surface area contributed by atoms with E-state index in [1.807, 2.05) is 6.92 Å². The SMILES string of the molecule is C.CCC(=O)O.CCC(=O)O.CCN. The Kier molecular flexibility index (Phi) is 37.3. The molecule has 0 aromatic carbocycles. The second-order valence-corrected chi connectivity index (χ2v) is 1.90. The zero-order valence-electron chi connectivity index (χ0n) is 8.41. The van der Waals surface area contributed by atoms with E-state index < -0.39 is 11.9 Å². The van der Waals surface area contributed by atoms with Gasteiger partial charge in [0.25, 0.3) is 0 Å². The summed E-state index contributed by atoms with van der Waals surface area (Å²) in [5.74, 6) is -1.49. The Morgan fingerprint density at radius 2 is 1.07 bits per heavy atom. The Morgan fingerprint density at radius 3 is 1.07 bits per heavy atom. The van der Waals surface area contributed by atoms with Crippen LogP contribution in [0.1, 0.15) is 41.0 Å². The first kappa shape index (κ1) is 23.1. The van der Waals surface area contributed by atoms with Gasteiger partial charge in [-0.3, -0.25) is 9.59 Å². The topological polar surface area (TPSA) is 101 Å². The van der Waals surface area contributed by atoms with Crippen LogP contribution in [0.15, 0.2) is 0 Å². The van der Waals surface area contributed by atoms with E-state index >= 15 is 0 Å². The lowest BCUT2D eigenvalue weighted by molar-refractivity contribution is -0.137. The van der Waals surface area contributed by atoms with E-state index in [2.05, 4.69) is 0 Å². The standard InChI is InChI=1S/2C3H6O2.C2H7N.CH4/c2*1-2-3(4)5;1-2-3;/h2*2H2,1H3,(H,4,5);2-3H2,1H3;1H4. The fraction of sp³-hybridized carbons (Fsp3) is 0.778. The summed E-state index contributed by atoms with van der Waals surface area (Å²) >= 11 is 0. The third-order valence-electron chi connectivity index (χ3n) is 0.605. The fourth-order valence-electron chi connectivity index (χ4n) is 0. The Hall–Kier alpha value is -1.10. The Morgan fingerprint density at radius 1 is 1.00 bits per heavy atom. The van der Waals surface area contributed by atoms with Crippen LogP contribution in [-0.4, -0.2) is 28.7 Å². The second-order valence-electron chi connectivity index (χ2n) is 1.90. The van der Waals surface area contributed by atoms with Crippen molar-refractivity contribution in [2.45, 2.75) is 41.0 Å². The number of rotatable bonds is 2. The lowest BCUT2D eigenvalue weighted by atomic mass is 10.5. The number of hydrogen-bond acceptors (Lipinski definition) is 3. The van der Waals surface area contributed by atoms with E-state index in [9.17, 15) is 9.59 Å². The molecule has 5 nitrogen and oxygen atoms in total. The van der Waals surface area contributed by atoms with Gasteiger partial charge in [-0.05, 0) is 6.54 Å². The Balaban J connectivity index is -0.0000000535. The Bertz CT molecular complexity index is 112. The van der Waals surface area contributed by atoms with Crippen molar-refractivity contribution in [2.75, 3.05) is 6.54 Å². The van der Waals surface area contributed by atoms with Gasteiger partial charge in [0.1, 0.15) is 0 Å². The van der Waals surface area contributed by atoms with Gasteiger partial charge in [0, 0.05) is 12.8 Å². The Labute approximate surface area is 85.9 Å². The lowest BCUT2D eigenvalue weighted by Crippen LogP contribution is -1.87. The summed E-state index contributed by atoms with van der Waals surface area (Å²) in [6, 6.07) is 0. The van der Waals surface area contributed by atoms with Crippen molar-refractivity contribution >= 4 is 11.9 Å². The van der Waals surface area contributed by atoms with Crippen molar-refractivity contribution in [1.82, 2.24) is 0 Å². The molecule has 0 bridgehead atoms. The fourth-order valence-corrected chi connectivity index (χ4v) is 0. The van der Waals surface area contributed by atoms with E-state index in [1.54, 1.807) is 13.8 Å². The summed E-state index contributed by atoms with van der Waals surface area (Å²) in [6.45, 7) is 5.85. The van der Waals surface area contributed by atoms with Crippen molar-refractivity contribution in [2.24, 2.45) is 5.73 Å². The minimum atomic E-state index is -0.745. The number of carboxylic acid groups (broad SMARTS) is 2. The second kappa shape index (κ2) is 22.7. The summed E-state index contributed by atoms with van der Waals surface area (Å²) in [6.07, 6.45) is 0.444. The molecule has 0 radical (unpaired) electrons. The van der Waals surface area contributed by atoms with Crippen molar-refractivity contribution in [3.8, 4) is 0 Å². The molecule has 0 aliphatic heterocycles. The quantitative estimate of drug-likeness (QED) is 0.640. The van der Waals surface area contributed by atoms with Crippen LogP contribution in [0.25, 0.3) is 0 Å². The molecule has 0 amide bonds. The number of nitrogens with two attached hydrogens (primary N) is 1. The van der Waals surface area contributed by atoms with Crippen LogP contribution in [0.5, 0.6) is 0 Å². The zero-order valence-corrected chi connectivity index (χ0v) is 8.41. The molecule has 0 saturated carbocycles. The molecule has 4 N–H and O–H groups in total. The molecule has 0 unspecified atom stereocenters. The maximum atomic E-state index is 9.37. The number of hydrogen-bond donors (Lipinski definition) is 3. The van der Waals surface area contributed by atoms with Crippen molar-refractivity contribution in [3.05, 3.63) is 0 Å². The molecule has 0 atom stereocenters. The molecule has 0 heterocycles. The third-order valence-corrected chi connectivity index (χ3v) is 0.605. The maximum absolute atomic E-state index is 9.37. The normalized spacial score (nSPS) is 6.57. The number of carboxylic acids is 2. The first-order chi connectivity index (χ1) is 5.95. The van der Waals surface area contributed by atoms with Crippen LogP contribution in [-0.2, 0) is 9.59 Å². The first-order valence-corrected chi connectivity index (χ1v) is 4.09.